The lowest BCUT2D eigenvalue weighted by Crippen LogP contribution is -2.47. The highest BCUT2D eigenvalue weighted by atomic mass is 35.5. The van der Waals surface area contributed by atoms with Gasteiger partial charge in [-0.15, -0.1) is 0 Å². The third-order valence-corrected chi connectivity index (χ3v) is 13.7. The minimum Gasteiger partial charge on any atom is -0.494 e. The number of aromatic nitrogens is 2. The number of hydrogen-bond donors (Lipinski definition) is 4. The molecular weight excluding hydrogens is 828 g/mol. The van der Waals surface area contributed by atoms with Crippen LogP contribution < -0.4 is 30.1 Å². The summed E-state index contributed by atoms with van der Waals surface area (Å²) in [5, 5.41) is 5.24. The van der Waals surface area contributed by atoms with Crippen LogP contribution in [0.15, 0.2) is 102 Å². The molecule has 0 bridgehead atoms. The number of ether oxygens (including phenoxy) is 2. The number of nitrogens with one attached hydrogen (secondary N) is 3. The largest absolute Gasteiger partial charge is 0.494 e. The van der Waals surface area contributed by atoms with Crippen LogP contribution in [-0.4, -0.2) is 84.6 Å². The molecule has 0 radical (unpaired) electrons. The molecule has 2 saturated heterocycles. The van der Waals surface area contributed by atoms with Crippen molar-refractivity contribution in [2.24, 2.45) is 5.41 Å². The number of allylic oxidation sites excluding steroid dienone is 1. The second-order valence-electron chi connectivity index (χ2n) is 18.0. The van der Waals surface area contributed by atoms with Crippen molar-refractivity contribution < 1.29 is 14.3 Å². The number of amides is 1. The fourth-order valence-corrected chi connectivity index (χ4v) is 9.91. The Labute approximate surface area is 381 Å². The minimum atomic E-state index is -0.299. The number of halogens is 1. The first-order valence-electron chi connectivity index (χ1n) is 22.2. The Morgan fingerprint density at radius 1 is 1.00 bits per heavy atom. The van der Waals surface area contributed by atoms with E-state index >= 15 is 0 Å². The molecule has 3 aliphatic rings. The Balaban J connectivity index is 0.955. The fraction of sp³-hybridized carbons (Fsp3) is 0.400. The van der Waals surface area contributed by atoms with Gasteiger partial charge in [0.25, 0.3) is 5.91 Å². The number of methoxy groups -OCH3 is 1. The zero-order valence-electron chi connectivity index (χ0n) is 37.1. The number of piperidine rings is 1. The van der Waals surface area contributed by atoms with Gasteiger partial charge in [0, 0.05) is 97.2 Å². The maximum absolute atomic E-state index is 14.0. The van der Waals surface area contributed by atoms with Gasteiger partial charge < -0.3 is 35.3 Å². The number of nitrogens with two attached hydrogens (primary N) is 1. The predicted molar refractivity (Wildman–Crippen MR) is 260 cm³/mol. The molecule has 2 fully saturated rings. The Morgan fingerprint density at radius 3 is 2.54 bits per heavy atom. The van der Waals surface area contributed by atoms with E-state index in [1.54, 1.807) is 13.3 Å². The smallest absolute Gasteiger partial charge is 0.265 e. The third kappa shape index (κ3) is 10.9. The van der Waals surface area contributed by atoms with E-state index in [1.165, 1.54) is 54.3 Å². The summed E-state index contributed by atoms with van der Waals surface area (Å²) >= 11 is 7.46. The van der Waals surface area contributed by atoms with E-state index in [1.807, 2.05) is 60.8 Å². The highest BCUT2D eigenvalue weighted by Crippen LogP contribution is 2.44. The zero-order chi connectivity index (χ0) is 44.1. The van der Waals surface area contributed by atoms with E-state index in [0.717, 1.165) is 103 Å². The van der Waals surface area contributed by atoms with Crippen LogP contribution in [0.1, 0.15) is 81.6 Å². The number of likely N-dealkylation sites (tertiary alicyclic amines) is 1. The van der Waals surface area contributed by atoms with Gasteiger partial charge >= 0.3 is 0 Å². The Morgan fingerprint density at radius 2 is 1.78 bits per heavy atom. The second-order valence-corrected chi connectivity index (χ2v) is 19.4. The molecule has 0 saturated carbocycles. The summed E-state index contributed by atoms with van der Waals surface area (Å²) < 4.78 is 15.3. The number of H-pyrrole nitrogens is 1. The lowest BCUT2D eigenvalue weighted by atomic mass is 9.72. The third-order valence-electron chi connectivity index (χ3n) is 12.7. The van der Waals surface area contributed by atoms with E-state index in [9.17, 15) is 4.79 Å². The Bertz CT molecular complexity index is 2450. The van der Waals surface area contributed by atoms with Crippen LogP contribution in [-0.2, 0) is 0 Å². The second kappa shape index (κ2) is 19.6. The molecule has 13 heteroatoms. The number of rotatable bonds is 15. The molecule has 2 aromatic heterocycles. The normalized spacial score (nSPS) is 17.4. The topological polar surface area (TPSA) is 124 Å². The minimum absolute atomic E-state index is 0.0910. The maximum atomic E-state index is 14.0. The van der Waals surface area contributed by atoms with Crippen molar-refractivity contribution in [1.82, 2.24) is 24.5 Å². The van der Waals surface area contributed by atoms with Crippen LogP contribution in [0.25, 0.3) is 16.6 Å². The van der Waals surface area contributed by atoms with Crippen LogP contribution in [0.2, 0.25) is 5.02 Å². The van der Waals surface area contributed by atoms with Gasteiger partial charge in [-0.25, -0.2) is 4.98 Å². The summed E-state index contributed by atoms with van der Waals surface area (Å²) in [5.41, 5.74) is 15.8. The van der Waals surface area contributed by atoms with Crippen LogP contribution in [0, 0.1) is 5.41 Å². The van der Waals surface area contributed by atoms with Gasteiger partial charge in [0.1, 0.15) is 28.6 Å². The summed E-state index contributed by atoms with van der Waals surface area (Å²) in [4.78, 5) is 29.8. The Hall–Kier alpha value is -5.30. The number of carbonyl (C=O) groups is 1. The fourth-order valence-electron chi connectivity index (χ4n) is 9.12. The molecule has 332 valence electrons. The van der Waals surface area contributed by atoms with E-state index < -0.39 is 0 Å². The molecule has 2 aliphatic heterocycles. The molecule has 63 heavy (non-hydrogen) atoms. The summed E-state index contributed by atoms with van der Waals surface area (Å²) in [6.07, 6.45) is 11.4. The molecule has 0 spiro atoms. The number of anilines is 3. The number of hydrogen-bond acceptors (Lipinski definition) is 10. The first-order chi connectivity index (χ1) is 30.4. The molecule has 1 amide bonds. The van der Waals surface area contributed by atoms with Crippen LogP contribution in [0.4, 0.5) is 17.1 Å². The van der Waals surface area contributed by atoms with Crippen molar-refractivity contribution in [3.05, 3.63) is 113 Å². The molecule has 11 nitrogen and oxygen atoms in total. The monoisotopic (exact) mass is 888 g/mol. The van der Waals surface area contributed by atoms with Crippen molar-refractivity contribution in [1.29, 1.82) is 0 Å². The first kappa shape index (κ1) is 44.3. The summed E-state index contributed by atoms with van der Waals surface area (Å²) in [7, 11) is 1.63. The van der Waals surface area contributed by atoms with Gasteiger partial charge in [-0.2, -0.15) is 0 Å². The number of piperazine rings is 1. The van der Waals surface area contributed by atoms with Crippen LogP contribution in [0.3, 0.4) is 0 Å². The average Bonchev–Trinajstić information content (AvgIpc) is 3.76. The number of nitrogens with zero attached hydrogens (tertiary/aromatic N) is 4. The molecular formula is C50H61ClN8O3S. The van der Waals surface area contributed by atoms with Crippen molar-refractivity contribution in [2.75, 3.05) is 68.9 Å². The maximum Gasteiger partial charge on any atom is 0.265 e. The molecule has 1 aliphatic carbocycles. The molecule has 5 N–H and O–H groups in total. The summed E-state index contributed by atoms with van der Waals surface area (Å²) in [6, 6.07) is 21.9. The van der Waals surface area contributed by atoms with Gasteiger partial charge in [0.15, 0.2) is 0 Å². The van der Waals surface area contributed by atoms with Crippen molar-refractivity contribution >= 4 is 63.1 Å². The van der Waals surface area contributed by atoms with Gasteiger partial charge in [-0.3, -0.25) is 14.4 Å². The highest BCUT2D eigenvalue weighted by Gasteiger charge is 2.30. The lowest BCUT2D eigenvalue weighted by Gasteiger charge is -2.39. The predicted octanol–water partition coefficient (Wildman–Crippen LogP) is 11.0. The molecule has 4 heterocycles. The van der Waals surface area contributed by atoms with Crippen molar-refractivity contribution in [3.63, 3.8) is 0 Å². The zero-order valence-corrected chi connectivity index (χ0v) is 38.6. The number of benzene rings is 3. The van der Waals surface area contributed by atoms with E-state index in [0.29, 0.717) is 28.5 Å². The van der Waals surface area contributed by atoms with Crippen LogP contribution >= 0.6 is 23.5 Å². The number of pyridine rings is 1. The Kier molecular flexibility index (Phi) is 13.8. The van der Waals surface area contributed by atoms with Crippen molar-refractivity contribution in [2.45, 2.75) is 76.7 Å². The lowest BCUT2D eigenvalue weighted by molar-refractivity contribution is 0.0982. The van der Waals surface area contributed by atoms with E-state index in [4.69, 9.17) is 26.8 Å². The number of fused-ring (bicyclic) bond motifs is 1. The van der Waals surface area contributed by atoms with Gasteiger partial charge in [0.05, 0.1) is 24.6 Å². The number of aromatic amines is 1. The van der Waals surface area contributed by atoms with Crippen molar-refractivity contribution in [3.8, 4) is 17.2 Å². The molecule has 1 atom stereocenters. The molecule has 5 aromatic rings. The summed E-state index contributed by atoms with van der Waals surface area (Å²) in [5.74, 6) is 1.29. The number of nitrogen functional groups attached to an aromatic ring is 1. The van der Waals surface area contributed by atoms with E-state index in [-0.39, 0.29) is 17.4 Å². The summed E-state index contributed by atoms with van der Waals surface area (Å²) in [6.45, 7) is 17.9. The SMILES string of the molecule is C=C(C[C@H](C)Nc1c(N)cc(SNC(=O)c2ccc(N3CCN(CC4=C(c5ccc(Cl)cc5)CC(C)(C)CC4)CC3)cc2Oc2cnc3[nH]ccc3c2)cc1OC)N1CCCCC1. The van der Waals surface area contributed by atoms with Crippen LogP contribution in [0.5, 0.6) is 17.2 Å². The molecule has 3 aromatic carbocycles. The standard InChI is InChI=1S/C50H61ClN8O3S/c1-33(25-34(2)58-19-7-6-8-20-58)55-47-44(52)28-41(29-46(47)61-5)63-56-49(60)42-14-13-39(27-45(42)62-40-26-36-16-18-53-48(36)54-31-40)59-23-21-57(22-24-59)32-37-15-17-50(3,4)30-43(37)35-9-11-38(51)12-10-35/h9-14,16,18,26-29,31,33,55H,2,6-8,15,17,19-25,30,32,52H2,1,3-5H3,(H,53,54)(H,56,60)/t33-/m0/s1. The molecule has 8 rings (SSSR count). The van der Waals surface area contributed by atoms with Gasteiger partial charge in [-0.1, -0.05) is 49.7 Å². The molecule has 0 unspecified atom stereocenters. The first-order valence-corrected chi connectivity index (χ1v) is 23.4. The quantitative estimate of drug-likeness (QED) is 0.0597. The van der Waals surface area contributed by atoms with Gasteiger partial charge in [-0.05, 0) is 122 Å². The average molecular weight is 890 g/mol. The van der Waals surface area contributed by atoms with E-state index in [2.05, 4.69) is 74.2 Å². The number of carbonyl (C=O) groups excluding carboxylic acids is 1. The highest BCUT2D eigenvalue weighted by molar-refractivity contribution is 7.98. The van der Waals surface area contributed by atoms with Gasteiger partial charge in [0.2, 0.25) is 0 Å².